The van der Waals surface area contributed by atoms with Crippen LogP contribution in [0.1, 0.15) is 25.3 Å². The van der Waals surface area contributed by atoms with Crippen molar-refractivity contribution in [3.8, 4) is 0 Å². The van der Waals surface area contributed by atoms with Crippen molar-refractivity contribution in [2.75, 3.05) is 6.61 Å². The first kappa shape index (κ1) is 17.6. The van der Waals surface area contributed by atoms with E-state index in [9.17, 15) is 14.4 Å². The van der Waals surface area contributed by atoms with Gasteiger partial charge in [-0.3, -0.25) is 4.79 Å². The fraction of sp³-hybridized carbons (Fsp3) is 0.400. The van der Waals surface area contributed by atoms with E-state index in [1.54, 1.807) is 0 Å². The van der Waals surface area contributed by atoms with Crippen molar-refractivity contribution < 1.29 is 29.3 Å². The van der Waals surface area contributed by atoms with Crippen LogP contribution in [0.3, 0.4) is 0 Å². The van der Waals surface area contributed by atoms with Gasteiger partial charge in [-0.25, -0.2) is 9.59 Å². The zero-order chi connectivity index (χ0) is 16.6. The maximum atomic E-state index is 11.2. The second kappa shape index (κ2) is 8.14. The molecule has 1 rings (SSSR count). The molecule has 0 aromatic heterocycles. The molecule has 0 unspecified atom stereocenters. The largest absolute Gasteiger partial charge is 0.479 e. The second-order valence-corrected chi connectivity index (χ2v) is 4.84. The summed E-state index contributed by atoms with van der Waals surface area (Å²) in [6.45, 7) is 1.62. The molecular weight excluding hydrogens is 290 g/mol. The van der Waals surface area contributed by atoms with Crippen molar-refractivity contribution >= 4 is 17.8 Å². The summed E-state index contributed by atoms with van der Waals surface area (Å²) in [6.07, 6.45) is -0.0717. The van der Waals surface area contributed by atoms with Crippen LogP contribution < -0.4 is 5.32 Å². The summed E-state index contributed by atoms with van der Waals surface area (Å²) in [7, 11) is 0. The molecule has 1 aromatic carbocycles. The third-order valence-corrected chi connectivity index (χ3v) is 3.07. The molecule has 0 fully saturated rings. The molecule has 0 aliphatic rings. The van der Waals surface area contributed by atoms with Crippen LogP contribution in [0.4, 0.5) is 0 Å². The Bertz CT molecular complexity index is 514. The van der Waals surface area contributed by atoms with Crippen LogP contribution in [0.25, 0.3) is 0 Å². The number of carboxylic acid groups (broad SMARTS) is 2. The molecule has 120 valence electrons. The van der Waals surface area contributed by atoms with Crippen LogP contribution in [0.2, 0.25) is 0 Å². The molecule has 1 amide bonds. The molecule has 3 N–H and O–H groups in total. The van der Waals surface area contributed by atoms with Crippen molar-refractivity contribution in [2.24, 2.45) is 0 Å². The first-order chi connectivity index (χ1) is 10.4. The first-order valence-corrected chi connectivity index (χ1v) is 6.75. The third-order valence-electron chi connectivity index (χ3n) is 3.07. The van der Waals surface area contributed by atoms with E-state index < -0.39 is 23.4 Å². The van der Waals surface area contributed by atoms with E-state index in [2.05, 4.69) is 0 Å². The number of carboxylic acids is 2. The molecule has 22 heavy (non-hydrogen) atoms. The minimum atomic E-state index is -2.32. The summed E-state index contributed by atoms with van der Waals surface area (Å²) in [5.74, 6) is -3.91. The Morgan fingerprint density at radius 3 is 2.23 bits per heavy atom. The minimum absolute atomic E-state index is 0.186. The topological polar surface area (TPSA) is 113 Å². The monoisotopic (exact) mass is 309 g/mol. The van der Waals surface area contributed by atoms with E-state index in [-0.39, 0.29) is 19.4 Å². The Kier molecular flexibility index (Phi) is 6.52. The maximum Gasteiger partial charge on any atom is 0.341 e. The highest BCUT2D eigenvalue weighted by molar-refractivity contribution is 6.06. The third kappa shape index (κ3) is 4.85. The predicted octanol–water partition coefficient (Wildman–Crippen LogP) is 1.03. The smallest absolute Gasteiger partial charge is 0.341 e. The molecule has 0 spiro atoms. The minimum Gasteiger partial charge on any atom is -0.479 e. The SMILES string of the molecule is CC(=O)NC(CCCOCc1ccccc1)(C(=O)O)C(=O)O. The fourth-order valence-electron chi connectivity index (χ4n) is 1.98. The molecule has 0 saturated carbocycles. The second-order valence-electron chi connectivity index (χ2n) is 4.84. The normalized spacial score (nSPS) is 11.0. The van der Waals surface area contributed by atoms with Crippen LogP contribution in [0, 0.1) is 0 Å². The van der Waals surface area contributed by atoms with Crippen molar-refractivity contribution in [1.82, 2.24) is 5.32 Å². The number of aliphatic carboxylic acids is 2. The quantitative estimate of drug-likeness (QED) is 0.464. The van der Waals surface area contributed by atoms with E-state index in [1.807, 2.05) is 35.6 Å². The van der Waals surface area contributed by atoms with Crippen molar-refractivity contribution in [2.45, 2.75) is 31.9 Å². The summed E-state index contributed by atoms with van der Waals surface area (Å²) < 4.78 is 5.38. The van der Waals surface area contributed by atoms with Gasteiger partial charge in [-0.2, -0.15) is 0 Å². The zero-order valence-corrected chi connectivity index (χ0v) is 12.2. The molecule has 0 aliphatic carbocycles. The average Bonchev–Trinajstić information content (AvgIpc) is 2.45. The van der Waals surface area contributed by atoms with E-state index in [0.29, 0.717) is 6.61 Å². The van der Waals surface area contributed by atoms with E-state index in [4.69, 9.17) is 14.9 Å². The number of hydrogen-bond acceptors (Lipinski definition) is 4. The molecular formula is C15H19NO6. The van der Waals surface area contributed by atoms with Gasteiger partial charge < -0.3 is 20.3 Å². The maximum absolute atomic E-state index is 11.2. The molecule has 0 atom stereocenters. The van der Waals surface area contributed by atoms with Gasteiger partial charge in [0.2, 0.25) is 11.4 Å². The molecule has 0 saturated heterocycles. The summed E-state index contributed by atoms with van der Waals surface area (Å²) in [4.78, 5) is 33.6. The number of rotatable bonds is 9. The Labute approximate surface area is 127 Å². The van der Waals surface area contributed by atoms with Gasteiger partial charge in [-0.15, -0.1) is 0 Å². The Morgan fingerprint density at radius 2 is 1.73 bits per heavy atom. The van der Waals surface area contributed by atoms with Crippen molar-refractivity contribution in [3.05, 3.63) is 35.9 Å². The van der Waals surface area contributed by atoms with Gasteiger partial charge >= 0.3 is 11.9 Å². The van der Waals surface area contributed by atoms with Crippen LogP contribution in [-0.2, 0) is 25.7 Å². The van der Waals surface area contributed by atoms with Crippen molar-refractivity contribution in [3.63, 3.8) is 0 Å². The highest BCUT2D eigenvalue weighted by atomic mass is 16.5. The number of ether oxygens (including phenoxy) is 1. The van der Waals surface area contributed by atoms with Crippen LogP contribution in [0.15, 0.2) is 30.3 Å². The molecule has 0 bridgehead atoms. The Morgan fingerprint density at radius 1 is 1.14 bits per heavy atom. The molecule has 7 heteroatoms. The predicted molar refractivity (Wildman–Crippen MR) is 77.2 cm³/mol. The van der Waals surface area contributed by atoms with Gasteiger partial charge in [-0.05, 0) is 18.4 Å². The fourth-order valence-corrected chi connectivity index (χ4v) is 1.98. The van der Waals surface area contributed by atoms with Gasteiger partial charge in [0.05, 0.1) is 6.61 Å². The standard InChI is InChI=1S/C15H19NO6/c1-11(17)16-15(13(18)19,14(20)21)8-5-9-22-10-12-6-3-2-4-7-12/h2-4,6-7H,5,8-10H2,1H3,(H,16,17)(H,18,19)(H,20,21). The summed E-state index contributed by atoms with van der Waals surface area (Å²) >= 11 is 0. The number of nitrogens with one attached hydrogen (secondary N) is 1. The average molecular weight is 309 g/mol. The van der Waals surface area contributed by atoms with E-state index in [0.717, 1.165) is 12.5 Å². The number of carbonyl (C=O) groups excluding carboxylic acids is 1. The van der Waals surface area contributed by atoms with E-state index >= 15 is 0 Å². The van der Waals surface area contributed by atoms with Crippen LogP contribution in [0.5, 0.6) is 0 Å². The van der Waals surface area contributed by atoms with Gasteiger partial charge in [0, 0.05) is 13.5 Å². The lowest BCUT2D eigenvalue weighted by molar-refractivity contribution is -0.161. The number of amides is 1. The summed E-state index contributed by atoms with van der Waals surface area (Å²) in [6, 6.07) is 9.39. The molecule has 7 nitrogen and oxygen atoms in total. The van der Waals surface area contributed by atoms with Gasteiger partial charge in [-0.1, -0.05) is 30.3 Å². The number of hydrogen-bond donors (Lipinski definition) is 3. The van der Waals surface area contributed by atoms with E-state index in [1.165, 1.54) is 0 Å². The summed E-state index contributed by atoms with van der Waals surface area (Å²) in [5, 5.41) is 20.3. The molecule has 1 aromatic rings. The Balaban J connectivity index is 2.51. The lowest BCUT2D eigenvalue weighted by atomic mass is 9.93. The van der Waals surface area contributed by atoms with Gasteiger partial charge in [0.1, 0.15) is 0 Å². The number of benzene rings is 1. The van der Waals surface area contributed by atoms with Gasteiger partial charge in [0.25, 0.3) is 0 Å². The number of carbonyl (C=O) groups is 3. The lowest BCUT2D eigenvalue weighted by Gasteiger charge is -2.25. The highest BCUT2D eigenvalue weighted by Crippen LogP contribution is 2.15. The van der Waals surface area contributed by atoms with Crippen molar-refractivity contribution in [1.29, 1.82) is 0 Å². The highest BCUT2D eigenvalue weighted by Gasteiger charge is 2.47. The first-order valence-electron chi connectivity index (χ1n) is 6.75. The van der Waals surface area contributed by atoms with Crippen LogP contribution in [-0.4, -0.2) is 40.2 Å². The summed E-state index contributed by atoms with van der Waals surface area (Å²) in [5.41, 5.74) is -1.35. The Hall–Kier alpha value is -2.41. The molecule has 0 heterocycles. The lowest BCUT2D eigenvalue weighted by Crippen LogP contribution is -2.59. The van der Waals surface area contributed by atoms with Gasteiger partial charge in [0.15, 0.2) is 0 Å². The zero-order valence-electron chi connectivity index (χ0n) is 12.2. The van der Waals surface area contributed by atoms with Crippen LogP contribution >= 0.6 is 0 Å². The molecule has 0 aliphatic heterocycles. The molecule has 0 radical (unpaired) electrons.